The van der Waals surface area contributed by atoms with Gasteiger partial charge < -0.3 is 10.1 Å². The number of thiophene rings is 1. The molecule has 2 heterocycles. The Bertz CT molecular complexity index is 642. The van der Waals surface area contributed by atoms with E-state index in [2.05, 4.69) is 43.7 Å². The predicted molar refractivity (Wildman–Crippen MR) is 95.9 cm³/mol. The largest absolute Gasteiger partial charge is 0.379 e. The van der Waals surface area contributed by atoms with Crippen molar-refractivity contribution in [2.45, 2.75) is 6.04 Å². The van der Waals surface area contributed by atoms with E-state index in [9.17, 15) is 4.79 Å². The highest BCUT2D eigenvalue weighted by atomic mass is 79.9. The highest BCUT2D eigenvalue weighted by Crippen LogP contribution is 2.25. The maximum atomic E-state index is 12.4. The van der Waals surface area contributed by atoms with Gasteiger partial charge in [0.1, 0.15) is 0 Å². The molecule has 0 radical (unpaired) electrons. The molecule has 0 bridgehead atoms. The fraction of sp³-hybridized carbons (Fsp3) is 0.353. The van der Waals surface area contributed by atoms with Crippen LogP contribution in [0.4, 0.5) is 0 Å². The first kappa shape index (κ1) is 16.6. The third kappa shape index (κ3) is 4.41. The minimum absolute atomic E-state index is 0.0406. The summed E-state index contributed by atoms with van der Waals surface area (Å²) in [6.07, 6.45) is 0. The van der Waals surface area contributed by atoms with Crippen molar-refractivity contribution in [2.24, 2.45) is 0 Å². The summed E-state index contributed by atoms with van der Waals surface area (Å²) < 4.78 is 6.35. The molecule has 1 amide bonds. The summed E-state index contributed by atoms with van der Waals surface area (Å²) >= 11 is 5.14. The second-order valence-electron chi connectivity index (χ2n) is 5.40. The molecule has 1 N–H and O–H groups in total. The van der Waals surface area contributed by atoms with Crippen LogP contribution in [0, 0.1) is 0 Å². The Balaban J connectivity index is 1.67. The second-order valence-corrected chi connectivity index (χ2v) is 7.29. The van der Waals surface area contributed by atoms with Gasteiger partial charge in [0.05, 0.1) is 19.3 Å². The number of hydrogen-bond donors (Lipinski definition) is 1. The molecule has 1 aliphatic rings. The zero-order chi connectivity index (χ0) is 16.1. The van der Waals surface area contributed by atoms with Crippen LogP contribution in [-0.2, 0) is 4.74 Å². The van der Waals surface area contributed by atoms with E-state index in [0.29, 0.717) is 12.1 Å². The molecule has 1 aromatic carbocycles. The summed E-state index contributed by atoms with van der Waals surface area (Å²) in [5.74, 6) is -0.0406. The molecule has 3 rings (SSSR count). The van der Waals surface area contributed by atoms with Crippen LogP contribution in [0.25, 0.3) is 0 Å². The van der Waals surface area contributed by atoms with Crippen LogP contribution in [0.3, 0.4) is 0 Å². The first-order chi connectivity index (χ1) is 11.2. The molecule has 0 aliphatic carbocycles. The van der Waals surface area contributed by atoms with Gasteiger partial charge in [-0.2, -0.15) is 0 Å². The van der Waals surface area contributed by atoms with Crippen molar-refractivity contribution in [2.75, 3.05) is 32.8 Å². The number of carbonyl (C=O) groups excluding carboxylic acids is 1. The van der Waals surface area contributed by atoms with Crippen LogP contribution in [0.2, 0.25) is 0 Å². The number of nitrogens with one attached hydrogen (secondary N) is 1. The first-order valence-corrected chi connectivity index (χ1v) is 9.30. The van der Waals surface area contributed by atoms with Crippen LogP contribution < -0.4 is 5.32 Å². The molecular weight excluding hydrogens is 376 g/mol. The number of nitrogens with zero attached hydrogens (tertiary/aromatic N) is 1. The van der Waals surface area contributed by atoms with Gasteiger partial charge in [0.2, 0.25) is 0 Å². The number of benzene rings is 1. The predicted octanol–water partition coefficient (Wildman–Crippen LogP) is 3.31. The fourth-order valence-corrected chi connectivity index (χ4v) is 3.96. The lowest BCUT2D eigenvalue weighted by Crippen LogP contribution is -2.43. The second kappa shape index (κ2) is 8.06. The molecule has 1 aromatic heterocycles. The third-order valence-corrected chi connectivity index (χ3v) is 5.37. The maximum Gasteiger partial charge on any atom is 0.251 e. The van der Waals surface area contributed by atoms with Crippen molar-refractivity contribution in [1.82, 2.24) is 10.2 Å². The van der Waals surface area contributed by atoms with Crippen molar-refractivity contribution in [3.8, 4) is 0 Å². The Labute approximate surface area is 148 Å². The lowest BCUT2D eigenvalue weighted by atomic mass is 10.1. The Morgan fingerprint density at radius 2 is 2.13 bits per heavy atom. The fourth-order valence-electron chi connectivity index (χ4n) is 2.70. The van der Waals surface area contributed by atoms with Crippen LogP contribution >= 0.6 is 27.3 Å². The van der Waals surface area contributed by atoms with Crippen molar-refractivity contribution in [1.29, 1.82) is 0 Å². The summed E-state index contributed by atoms with van der Waals surface area (Å²) in [6.45, 7) is 3.90. The summed E-state index contributed by atoms with van der Waals surface area (Å²) in [4.78, 5) is 16.0. The zero-order valence-electron chi connectivity index (χ0n) is 12.7. The number of rotatable bonds is 5. The monoisotopic (exact) mass is 394 g/mol. The van der Waals surface area contributed by atoms with Crippen LogP contribution in [0.15, 0.2) is 46.3 Å². The number of hydrogen-bond acceptors (Lipinski definition) is 4. The quantitative estimate of drug-likeness (QED) is 0.845. The number of morpholine rings is 1. The summed E-state index contributed by atoms with van der Waals surface area (Å²) in [5, 5.41) is 5.16. The average molecular weight is 395 g/mol. The van der Waals surface area contributed by atoms with Crippen molar-refractivity contribution in [3.63, 3.8) is 0 Å². The van der Waals surface area contributed by atoms with Crippen LogP contribution in [-0.4, -0.2) is 43.7 Å². The highest BCUT2D eigenvalue weighted by molar-refractivity contribution is 9.10. The van der Waals surface area contributed by atoms with Crippen molar-refractivity contribution < 1.29 is 9.53 Å². The topological polar surface area (TPSA) is 41.6 Å². The lowest BCUT2D eigenvalue weighted by molar-refractivity contribution is 0.0169. The summed E-state index contributed by atoms with van der Waals surface area (Å²) in [6, 6.07) is 11.9. The van der Waals surface area contributed by atoms with E-state index in [1.54, 1.807) is 11.3 Å². The number of amides is 1. The zero-order valence-corrected chi connectivity index (χ0v) is 15.1. The Hall–Kier alpha value is -1.21. The van der Waals surface area contributed by atoms with Gasteiger partial charge in [-0.1, -0.05) is 28.1 Å². The van der Waals surface area contributed by atoms with Gasteiger partial charge in [-0.15, -0.1) is 11.3 Å². The normalized spacial score (nSPS) is 16.9. The molecule has 122 valence electrons. The molecule has 1 fully saturated rings. The molecule has 1 aliphatic heterocycles. The number of ether oxygens (including phenoxy) is 1. The number of carbonyl (C=O) groups is 1. The standard InChI is InChI=1S/C17H19BrN2O2S/c18-14-4-1-3-13(11-14)17(21)19-12-15(16-5-2-10-23-16)20-6-8-22-9-7-20/h1-5,10-11,15H,6-9,12H2,(H,19,21)/t15-/m0/s1. The van der Waals surface area contributed by atoms with Gasteiger partial charge >= 0.3 is 0 Å². The summed E-state index contributed by atoms with van der Waals surface area (Å²) in [7, 11) is 0. The first-order valence-electron chi connectivity index (χ1n) is 7.63. The summed E-state index contributed by atoms with van der Waals surface area (Å²) in [5.41, 5.74) is 0.672. The Morgan fingerprint density at radius 1 is 1.30 bits per heavy atom. The molecule has 6 heteroatoms. The molecule has 0 unspecified atom stereocenters. The van der Waals surface area contributed by atoms with E-state index in [0.717, 1.165) is 30.8 Å². The minimum atomic E-state index is -0.0406. The maximum absolute atomic E-state index is 12.4. The number of halogens is 1. The molecule has 1 saturated heterocycles. The average Bonchev–Trinajstić information content (AvgIpc) is 3.10. The van der Waals surface area contributed by atoms with Gasteiger partial charge in [0.25, 0.3) is 5.91 Å². The van der Waals surface area contributed by atoms with Gasteiger partial charge in [0, 0.05) is 34.5 Å². The lowest BCUT2D eigenvalue weighted by Gasteiger charge is -2.34. The Morgan fingerprint density at radius 3 is 2.83 bits per heavy atom. The van der Waals surface area contributed by atoms with Gasteiger partial charge in [-0.25, -0.2) is 0 Å². The molecule has 2 aromatic rings. The molecule has 23 heavy (non-hydrogen) atoms. The van der Waals surface area contributed by atoms with E-state index >= 15 is 0 Å². The van der Waals surface area contributed by atoms with E-state index in [1.807, 2.05) is 24.3 Å². The molecular formula is C17H19BrN2O2S. The minimum Gasteiger partial charge on any atom is -0.379 e. The molecule has 4 nitrogen and oxygen atoms in total. The van der Waals surface area contributed by atoms with E-state index in [4.69, 9.17) is 4.74 Å². The molecule has 0 saturated carbocycles. The highest BCUT2D eigenvalue weighted by Gasteiger charge is 2.24. The van der Waals surface area contributed by atoms with Gasteiger partial charge in [-0.3, -0.25) is 9.69 Å². The SMILES string of the molecule is O=C(NC[C@@H](c1cccs1)N1CCOCC1)c1cccc(Br)c1. The van der Waals surface area contributed by atoms with Gasteiger partial charge in [0.15, 0.2) is 0 Å². The van der Waals surface area contributed by atoms with Crippen LogP contribution in [0.5, 0.6) is 0 Å². The molecule has 1 atom stereocenters. The van der Waals surface area contributed by atoms with E-state index < -0.39 is 0 Å². The van der Waals surface area contributed by atoms with Crippen LogP contribution in [0.1, 0.15) is 21.3 Å². The molecule has 0 spiro atoms. The van der Waals surface area contributed by atoms with E-state index in [-0.39, 0.29) is 11.9 Å². The van der Waals surface area contributed by atoms with Gasteiger partial charge in [-0.05, 0) is 29.6 Å². The smallest absolute Gasteiger partial charge is 0.251 e. The van der Waals surface area contributed by atoms with Crippen molar-refractivity contribution in [3.05, 3.63) is 56.7 Å². The van der Waals surface area contributed by atoms with E-state index in [1.165, 1.54) is 4.88 Å². The Kier molecular flexibility index (Phi) is 5.83. The van der Waals surface area contributed by atoms with Crippen molar-refractivity contribution >= 4 is 33.2 Å². The third-order valence-electron chi connectivity index (χ3n) is 3.90.